The maximum absolute atomic E-state index is 6.02. The van der Waals surface area contributed by atoms with Gasteiger partial charge in [0.15, 0.2) is 0 Å². The van der Waals surface area contributed by atoms with E-state index in [2.05, 4.69) is 34.5 Å². The van der Waals surface area contributed by atoms with Crippen molar-refractivity contribution >= 4 is 23.7 Å². The van der Waals surface area contributed by atoms with Crippen molar-refractivity contribution in [3.05, 3.63) is 40.7 Å². The minimum Gasteiger partial charge on any atom is -0.327 e. The van der Waals surface area contributed by atoms with Gasteiger partial charge in [0, 0.05) is 23.5 Å². The molecule has 2 aromatic rings. The highest BCUT2D eigenvalue weighted by Gasteiger charge is 2.17. The van der Waals surface area contributed by atoms with Crippen LogP contribution < -0.4 is 5.73 Å². The van der Waals surface area contributed by atoms with Gasteiger partial charge >= 0.3 is 0 Å². The molecule has 1 aromatic carbocycles. The van der Waals surface area contributed by atoms with E-state index in [-0.39, 0.29) is 12.4 Å². The number of aromatic nitrogens is 1. The summed E-state index contributed by atoms with van der Waals surface area (Å²) in [5.41, 5.74) is 8.30. The van der Waals surface area contributed by atoms with Crippen LogP contribution in [0.1, 0.15) is 17.8 Å². The van der Waals surface area contributed by atoms with Crippen molar-refractivity contribution in [2.45, 2.75) is 25.4 Å². The van der Waals surface area contributed by atoms with Gasteiger partial charge in [-0.25, -0.2) is 4.98 Å². The van der Waals surface area contributed by atoms with Crippen LogP contribution in [0.4, 0.5) is 0 Å². The number of hydrogen-bond acceptors (Lipinski definition) is 4. The van der Waals surface area contributed by atoms with Crippen LogP contribution in [0.5, 0.6) is 0 Å². The molecular weight excluding hydrogens is 290 g/mol. The van der Waals surface area contributed by atoms with Crippen LogP contribution in [0.2, 0.25) is 0 Å². The molecule has 1 aliphatic heterocycles. The number of benzene rings is 1. The number of thiazole rings is 1. The van der Waals surface area contributed by atoms with Gasteiger partial charge in [0.25, 0.3) is 0 Å². The average molecular weight is 310 g/mol. The summed E-state index contributed by atoms with van der Waals surface area (Å²) in [5.74, 6) is 0. The molecule has 2 N–H and O–H groups in total. The van der Waals surface area contributed by atoms with Crippen LogP contribution in [0.3, 0.4) is 0 Å². The molecule has 3 nitrogen and oxygen atoms in total. The molecule has 108 valence electrons. The molecule has 0 spiro atoms. The van der Waals surface area contributed by atoms with E-state index >= 15 is 0 Å². The van der Waals surface area contributed by atoms with Crippen molar-refractivity contribution in [3.63, 3.8) is 0 Å². The minimum atomic E-state index is 0. The van der Waals surface area contributed by atoms with E-state index < -0.39 is 0 Å². The van der Waals surface area contributed by atoms with Gasteiger partial charge in [-0.2, -0.15) is 0 Å². The van der Waals surface area contributed by atoms with E-state index in [1.807, 2.05) is 6.07 Å². The van der Waals surface area contributed by atoms with Gasteiger partial charge in [-0.05, 0) is 19.4 Å². The Labute approximate surface area is 130 Å². The maximum atomic E-state index is 6.02. The summed E-state index contributed by atoms with van der Waals surface area (Å²) in [6.45, 7) is 3.08. The fourth-order valence-electron chi connectivity index (χ4n) is 2.55. The summed E-state index contributed by atoms with van der Waals surface area (Å²) in [6, 6.07) is 10.7. The molecule has 0 aliphatic carbocycles. The van der Waals surface area contributed by atoms with Crippen LogP contribution in [-0.2, 0) is 6.54 Å². The molecule has 0 amide bonds. The predicted molar refractivity (Wildman–Crippen MR) is 87.3 cm³/mol. The van der Waals surface area contributed by atoms with Crippen molar-refractivity contribution < 1.29 is 0 Å². The second-order valence-corrected chi connectivity index (χ2v) is 6.07. The van der Waals surface area contributed by atoms with E-state index in [9.17, 15) is 0 Å². The average Bonchev–Trinajstić information content (AvgIpc) is 2.88. The molecule has 1 fully saturated rings. The van der Waals surface area contributed by atoms with Gasteiger partial charge in [-0.15, -0.1) is 23.7 Å². The first-order valence-electron chi connectivity index (χ1n) is 6.79. The Kier molecular flexibility index (Phi) is 5.54. The fraction of sp³-hybridized carbons (Fsp3) is 0.400. The van der Waals surface area contributed by atoms with E-state index in [1.165, 1.54) is 17.0 Å². The molecule has 1 atom stereocenters. The van der Waals surface area contributed by atoms with Gasteiger partial charge < -0.3 is 5.73 Å². The molecule has 0 saturated carbocycles. The third-order valence-electron chi connectivity index (χ3n) is 3.52. The predicted octanol–water partition coefficient (Wildman–Crippen LogP) is 3.16. The molecule has 20 heavy (non-hydrogen) atoms. The molecule has 1 saturated heterocycles. The number of piperidine rings is 1. The van der Waals surface area contributed by atoms with Gasteiger partial charge in [0.2, 0.25) is 0 Å². The first-order valence-corrected chi connectivity index (χ1v) is 7.67. The summed E-state index contributed by atoms with van der Waals surface area (Å²) in [4.78, 5) is 7.15. The summed E-state index contributed by atoms with van der Waals surface area (Å²) in [5, 5.41) is 3.34. The number of nitrogens with zero attached hydrogens (tertiary/aromatic N) is 2. The summed E-state index contributed by atoms with van der Waals surface area (Å²) < 4.78 is 0. The summed E-state index contributed by atoms with van der Waals surface area (Å²) >= 11 is 1.75. The number of halogens is 1. The Hall–Kier alpha value is -0.940. The first-order chi connectivity index (χ1) is 9.31. The van der Waals surface area contributed by atoms with Gasteiger partial charge in [-0.3, -0.25) is 4.90 Å². The normalized spacial score (nSPS) is 19.6. The van der Waals surface area contributed by atoms with Crippen LogP contribution in [0, 0.1) is 0 Å². The van der Waals surface area contributed by atoms with Crippen molar-refractivity contribution in [1.82, 2.24) is 9.88 Å². The number of hydrogen-bond donors (Lipinski definition) is 1. The highest BCUT2D eigenvalue weighted by atomic mass is 35.5. The smallest absolute Gasteiger partial charge is 0.107 e. The van der Waals surface area contributed by atoms with E-state index in [0.29, 0.717) is 6.04 Å². The third-order valence-corrected chi connectivity index (χ3v) is 4.36. The van der Waals surface area contributed by atoms with E-state index in [4.69, 9.17) is 10.7 Å². The lowest BCUT2D eigenvalue weighted by Crippen LogP contribution is -2.42. The lowest BCUT2D eigenvalue weighted by atomic mass is 10.1. The fourth-order valence-corrected chi connectivity index (χ4v) is 3.40. The third kappa shape index (κ3) is 3.79. The standard InChI is InChI=1S/C15H19N3S.ClH/c16-13-7-4-8-18(9-13)10-15-17-14(11-19-15)12-5-2-1-3-6-12;/h1-3,5-6,11,13H,4,7-10,16H2;1H. The maximum Gasteiger partial charge on any atom is 0.107 e. The second kappa shape index (κ2) is 7.18. The van der Waals surface area contributed by atoms with Gasteiger partial charge in [0.1, 0.15) is 5.01 Å². The molecule has 1 aromatic heterocycles. The van der Waals surface area contributed by atoms with Crippen LogP contribution in [0.25, 0.3) is 11.3 Å². The van der Waals surface area contributed by atoms with Crippen molar-refractivity contribution in [1.29, 1.82) is 0 Å². The second-order valence-electron chi connectivity index (χ2n) is 5.13. The zero-order valence-electron chi connectivity index (χ0n) is 11.4. The zero-order chi connectivity index (χ0) is 13.1. The molecule has 3 rings (SSSR count). The Balaban J connectivity index is 0.00000147. The van der Waals surface area contributed by atoms with E-state index in [0.717, 1.165) is 31.7 Å². The Morgan fingerprint density at radius 2 is 2.10 bits per heavy atom. The number of rotatable bonds is 3. The molecule has 2 heterocycles. The van der Waals surface area contributed by atoms with Crippen molar-refractivity contribution in [2.24, 2.45) is 5.73 Å². The molecule has 0 radical (unpaired) electrons. The first kappa shape index (κ1) is 15.4. The zero-order valence-corrected chi connectivity index (χ0v) is 13.0. The van der Waals surface area contributed by atoms with Crippen LogP contribution >= 0.6 is 23.7 Å². The lowest BCUT2D eigenvalue weighted by Gasteiger charge is -2.29. The summed E-state index contributed by atoms with van der Waals surface area (Å²) in [6.07, 6.45) is 2.36. The lowest BCUT2D eigenvalue weighted by molar-refractivity contribution is 0.201. The van der Waals surface area contributed by atoms with Crippen LogP contribution in [0.15, 0.2) is 35.7 Å². The van der Waals surface area contributed by atoms with Gasteiger partial charge in [-0.1, -0.05) is 30.3 Å². The van der Waals surface area contributed by atoms with E-state index in [1.54, 1.807) is 11.3 Å². The summed E-state index contributed by atoms with van der Waals surface area (Å²) in [7, 11) is 0. The topological polar surface area (TPSA) is 42.1 Å². The molecular formula is C15H20ClN3S. The van der Waals surface area contributed by atoms with Crippen LogP contribution in [-0.4, -0.2) is 29.0 Å². The highest BCUT2D eigenvalue weighted by molar-refractivity contribution is 7.09. The minimum absolute atomic E-state index is 0. The van der Waals surface area contributed by atoms with Crippen molar-refractivity contribution in [2.75, 3.05) is 13.1 Å². The van der Waals surface area contributed by atoms with Crippen molar-refractivity contribution in [3.8, 4) is 11.3 Å². The number of likely N-dealkylation sites (tertiary alicyclic amines) is 1. The monoisotopic (exact) mass is 309 g/mol. The number of nitrogens with two attached hydrogens (primary N) is 1. The molecule has 1 aliphatic rings. The largest absolute Gasteiger partial charge is 0.327 e. The molecule has 5 heteroatoms. The quantitative estimate of drug-likeness (QED) is 0.947. The van der Waals surface area contributed by atoms with Gasteiger partial charge in [0.05, 0.1) is 12.2 Å². The molecule has 0 bridgehead atoms. The Bertz CT molecular complexity index is 529. The molecule has 1 unspecified atom stereocenters. The highest BCUT2D eigenvalue weighted by Crippen LogP contribution is 2.23. The SMILES string of the molecule is Cl.NC1CCCN(Cc2nc(-c3ccccc3)cs2)C1. The Morgan fingerprint density at radius 3 is 2.85 bits per heavy atom. The Morgan fingerprint density at radius 1 is 1.30 bits per heavy atom.